The summed E-state index contributed by atoms with van der Waals surface area (Å²) in [6.07, 6.45) is 1.35. The molecule has 4 aromatic carbocycles. The summed E-state index contributed by atoms with van der Waals surface area (Å²) in [4.78, 5) is 38.2. The van der Waals surface area contributed by atoms with Crippen molar-refractivity contribution >= 4 is 45.6 Å². The van der Waals surface area contributed by atoms with Crippen molar-refractivity contribution in [1.29, 1.82) is 0 Å². The predicted octanol–water partition coefficient (Wildman–Crippen LogP) is 5.71. The molecule has 0 aliphatic carbocycles. The topological polar surface area (TPSA) is 125 Å². The number of hydrazone groups is 1. The van der Waals surface area contributed by atoms with Crippen LogP contribution in [0.5, 0.6) is 23.0 Å². The van der Waals surface area contributed by atoms with Gasteiger partial charge in [-0.25, -0.2) is 10.2 Å². The molecule has 42 heavy (non-hydrogen) atoms. The Morgan fingerprint density at radius 2 is 1.40 bits per heavy atom. The number of carbonyl (C=O) groups is 3. The van der Waals surface area contributed by atoms with E-state index in [9.17, 15) is 14.4 Å². The summed E-state index contributed by atoms with van der Waals surface area (Å²) in [6.45, 7) is 0. The Kier molecular flexibility index (Phi) is 9.90. The van der Waals surface area contributed by atoms with Gasteiger partial charge in [0.2, 0.25) is 5.75 Å². The van der Waals surface area contributed by atoms with Crippen LogP contribution in [0.2, 0.25) is 0 Å². The van der Waals surface area contributed by atoms with Crippen LogP contribution in [-0.2, 0) is 0 Å². The molecule has 0 saturated heterocycles. The Balaban J connectivity index is 1.47. The van der Waals surface area contributed by atoms with Gasteiger partial charge in [-0.15, -0.1) is 0 Å². The quantitative estimate of drug-likeness (QED) is 0.0994. The highest BCUT2D eigenvalue weighted by Crippen LogP contribution is 2.38. The number of nitrogens with zero attached hydrogens (tertiary/aromatic N) is 1. The molecule has 0 bridgehead atoms. The molecule has 10 nitrogen and oxygen atoms in total. The van der Waals surface area contributed by atoms with E-state index in [2.05, 4.69) is 31.8 Å². The van der Waals surface area contributed by atoms with Crippen LogP contribution in [0.3, 0.4) is 0 Å². The summed E-state index contributed by atoms with van der Waals surface area (Å²) in [7, 11) is 4.35. The Hall–Kier alpha value is -5.16. The van der Waals surface area contributed by atoms with Crippen molar-refractivity contribution in [1.82, 2.24) is 5.43 Å². The molecule has 4 rings (SSSR count). The van der Waals surface area contributed by atoms with Crippen molar-refractivity contribution in [2.45, 2.75) is 0 Å². The highest BCUT2D eigenvalue weighted by atomic mass is 79.9. The number of rotatable bonds is 10. The maximum atomic E-state index is 13.0. The van der Waals surface area contributed by atoms with Gasteiger partial charge in [0.1, 0.15) is 5.75 Å². The van der Waals surface area contributed by atoms with Crippen molar-refractivity contribution in [2.75, 3.05) is 26.6 Å². The molecule has 11 heteroatoms. The second-order valence-corrected chi connectivity index (χ2v) is 9.50. The molecule has 0 atom stereocenters. The first-order valence-corrected chi connectivity index (χ1v) is 13.2. The van der Waals surface area contributed by atoms with E-state index in [0.29, 0.717) is 38.5 Å². The molecule has 0 heterocycles. The first-order chi connectivity index (χ1) is 20.3. The van der Waals surface area contributed by atoms with Crippen molar-refractivity contribution < 1.29 is 33.3 Å². The number of anilines is 1. The number of carbonyl (C=O) groups excluding carboxylic acids is 3. The van der Waals surface area contributed by atoms with Crippen molar-refractivity contribution in [3.05, 3.63) is 112 Å². The standard InChI is InChI=1S/C31H26BrN3O7/c1-39-26-16-21(17-27(40-2)28(26)41-3)31(38)42-25-13-12-23(32)14-22(25)18-33-35-30(37)20-10-7-11-24(15-20)34-29(36)19-8-5-4-6-9-19/h4-18H,1-3H3,(H,34,36)(H,35,37). The zero-order valence-electron chi connectivity index (χ0n) is 22.8. The van der Waals surface area contributed by atoms with Crippen LogP contribution in [0, 0.1) is 0 Å². The van der Waals surface area contributed by atoms with E-state index in [1.165, 1.54) is 45.7 Å². The largest absolute Gasteiger partial charge is 0.493 e. The van der Waals surface area contributed by atoms with Crippen LogP contribution in [0.1, 0.15) is 36.6 Å². The molecule has 0 spiro atoms. The van der Waals surface area contributed by atoms with Gasteiger partial charge in [0.25, 0.3) is 11.8 Å². The second kappa shape index (κ2) is 14.0. The Bertz CT molecular complexity index is 1620. The number of benzene rings is 4. The number of hydrogen-bond acceptors (Lipinski definition) is 8. The van der Waals surface area contributed by atoms with E-state index in [1.807, 2.05) is 6.07 Å². The summed E-state index contributed by atoms with van der Waals surface area (Å²) in [5.74, 6) is -0.346. The average molecular weight is 632 g/mol. The van der Waals surface area contributed by atoms with Gasteiger partial charge >= 0.3 is 5.97 Å². The number of amides is 2. The molecular weight excluding hydrogens is 606 g/mol. The van der Waals surface area contributed by atoms with Crippen LogP contribution in [0.4, 0.5) is 5.69 Å². The molecule has 0 unspecified atom stereocenters. The molecule has 4 aromatic rings. The molecule has 2 N–H and O–H groups in total. The van der Waals surface area contributed by atoms with E-state index in [0.717, 1.165) is 0 Å². The SMILES string of the molecule is COc1cc(C(=O)Oc2ccc(Br)cc2C=NNC(=O)c2cccc(NC(=O)c3ccccc3)c2)cc(OC)c1OC. The lowest BCUT2D eigenvalue weighted by Gasteiger charge is -2.14. The minimum absolute atomic E-state index is 0.169. The van der Waals surface area contributed by atoms with E-state index in [-0.39, 0.29) is 22.8 Å². The molecule has 0 fully saturated rings. The van der Waals surface area contributed by atoms with Gasteiger partial charge in [-0.2, -0.15) is 5.10 Å². The third kappa shape index (κ3) is 7.32. The predicted molar refractivity (Wildman–Crippen MR) is 161 cm³/mol. The van der Waals surface area contributed by atoms with Crippen molar-refractivity contribution in [3.8, 4) is 23.0 Å². The number of ether oxygens (including phenoxy) is 4. The first-order valence-electron chi connectivity index (χ1n) is 12.4. The number of halogens is 1. The lowest BCUT2D eigenvalue weighted by Crippen LogP contribution is -2.18. The highest BCUT2D eigenvalue weighted by Gasteiger charge is 2.19. The van der Waals surface area contributed by atoms with Gasteiger partial charge in [0.15, 0.2) is 11.5 Å². The summed E-state index contributed by atoms with van der Waals surface area (Å²) in [6, 6.07) is 23.1. The minimum atomic E-state index is -0.676. The fourth-order valence-electron chi connectivity index (χ4n) is 3.83. The molecule has 0 radical (unpaired) electrons. The number of hydrogen-bond donors (Lipinski definition) is 2. The van der Waals surface area contributed by atoms with Gasteiger partial charge in [-0.1, -0.05) is 40.2 Å². The molecular formula is C31H26BrN3O7. The van der Waals surface area contributed by atoms with E-state index >= 15 is 0 Å². The van der Waals surface area contributed by atoms with E-state index < -0.39 is 11.9 Å². The van der Waals surface area contributed by atoms with Gasteiger partial charge in [-0.3, -0.25) is 9.59 Å². The lowest BCUT2D eigenvalue weighted by atomic mass is 10.1. The average Bonchev–Trinajstić information content (AvgIpc) is 3.01. The summed E-state index contributed by atoms with van der Waals surface area (Å²) < 4.78 is 22.3. The van der Waals surface area contributed by atoms with E-state index in [4.69, 9.17) is 18.9 Å². The van der Waals surface area contributed by atoms with E-state index in [1.54, 1.807) is 60.7 Å². The first kappa shape index (κ1) is 29.8. The number of esters is 1. The summed E-state index contributed by atoms with van der Waals surface area (Å²) in [5.41, 5.74) is 4.25. The zero-order valence-corrected chi connectivity index (χ0v) is 24.4. The van der Waals surface area contributed by atoms with Crippen molar-refractivity contribution in [3.63, 3.8) is 0 Å². The molecule has 214 valence electrons. The summed E-state index contributed by atoms with van der Waals surface area (Å²) >= 11 is 3.39. The molecule has 2 amide bonds. The van der Waals surface area contributed by atoms with Gasteiger partial charge in [-0.05, 0) is 60.7 Å². The molecule has 0 aliphatic heterocycles. The van der Waals surface area contributed by atoms with Crippen LogP contribution < -0.4 is 29.7 Å². The van der Waals surface area contributed by atoms with Gasteiger partial charge in [0, 0.05) is 26.9 Å². The molecule has 0 aromatic heterocycles. The zero-order chi connectivity index (χ0) is 30.1. The second-order valence-electron chi connectivity index (χ2n) is 8.59. The normalized spacial score (nSPS) is 10.6. The maximum Gasteiger partial charge on any atom is 0.343 e. The maximum absolute atomic E-state index is 13.0. The lowest BCUT2D eigenvalue weighted by molar-refractivity contribution is 0.0733. The Morgan fingerprint density at radius 3 is 2.07 bits per heavy atom. The van der Waals surface area contributed by atoms with Gasteiger partial charge < -0.3 is 24.3 Å². The van der Waals surface area contributed by atoms with Crippen LogP contribution in [0.25, 0.3) is 0 Å². The number of methoxy groups -OCH3 is 3. The number of nitrogens with one attached hydrogen (secondary N) is 2. The molecule has 0 saturated carbocycles. The monoisotopic (exact) mass is 631 g/mol. The Labute approximate surface area is 250 Å². The van der Waals surface area contributed by atoms with Crippen LogP contribution in [0.15, 0.2) is 94.5 Å². The van der Waals surface area contributed by atoms with Crippen molar-refractivity contribution in [2.24, 2.45) is 5.10 Å². The minimum Gasteiger partial charge on any atom is -0.493 e. The van der Waals surface area contributed by atoms with Crippen LogP contribution in [-0.4, -0.2) is 45.3 Å². The smallest absolute Gasteiger partial charge is 0.343 e. The van der Waals surface area contributed by atoms with Gasteiger partial charge in [0.05, 0.1) is 33.1 Å². The summed E-state index contributed by atoms with van der Waals surface area (Å²) in [5, 5.41) is 6.80. The third-order valence-electron chi connectivity index (χ3n) is 5.86. The fraction of sp³-hybridized carbons (Fsp3) is 0.0968. The third-order valence-corrected chi connectivity index (χ3v) is 6.36. The van der Waals surface area contributed by atoms with Crippen LogP contribution >= 0.6 is 15.9 Å². The highest BCUT2D eigenvalue weighted by molar-refractivity contribution is 9.10. The molecule has 0 aliphatic rings. The fourth-order valence-corrected chi connectivity index (χ4v) is 4.21. The Morgan fingerprint density at radius 1 is 0.714 bits per heavy atom.